The van der Waals surface area contributed by atoms with Crippen LogP contribution >= 0.6 is 23.2 Å². The summed E-state index contributed by atoms with van der Waals surface area (Å²) in [7, 11) is 1.07. The number of benzene rings is 2. The van der Waals surface area contributed by atoms with Crippen LogP contribution < -0.4 is 10.1 Å². The molecule has 1 amide bonds. The van der Waals surface area contributed by atoms with Gasteiger partial charge in [-0.05, 0) is 31.2 Å². The molecule has 1 atom stereocenters. The van der Waals surface area contributed by atoms with Gasteiger partial charge >= 0.3 is 12.1 Å². The maximum atomic E-state index is 15.0. The van der Waals surface area contributed by atoms with E-state index in [2.05, 4.69) is 20.0 Å². The molecule has 0 spiro atoms. The fourth-order valence-corrected chi connectivity index (χ4v) is 3.24. The third-order valence-electron chi connectivity index (χ3n) is 4.66. The first kappa shape index (κ1) is 27.1. The largest absolute Gasteiger partial charge is 0.480 e. The highest BCUT2D eigenvalue weighted by Crippen LogP contribution is 2.34. The molecule has 0 aliphatic rings. The van der Waals surface area contributed by atoms with Gasteiger partial charge in [0, 0.05) is 5.56 Å². The minimum absolute atomic E-state index is 0.206. The van der Waals surface area contributed by atoms with Crippen LogP contribution in [0, 0.1) is 11.6 Å². The van der Waals surface area contributed by atoms with Gasteiger partial charge in [0.05, 0.1) is 35.3 Å². The van der Waals surface area contributed by atoms with E-state index in [1.807, 2.05) is 0 Å². The van der Waals surface area contributed by atoms with Crippen molar-refractivity contribution in [1.82, 2.24) is 9.97 Å². The Morgan fingerprint density at radius 3 is 2.39 bits per heavy atom. The minimum Gasteiger partial charge on any atom is -0.480 e. The molecule has 14 heteroatoms. The maximum absolute atomic E-state index is 15.0. The Balaban J connectivity index is 2.10. The minimum atomic E-state index is -4.84. The number of aromatic nitrogens is 2. The Morgan fingerprint density at radius 2 is 1.81 bits per heavy atom. The molecule has 0 aliphatic carbocycles. The number of methoxy groups -OCH3 is 1. The summed E-state index contributed by atoms with van der Waals surface area (Å²) in [6.07, 6.45) is -6.34. The lowest BCUT2D eigenvalue weighted by Crippen LogP contribution is -2.32. The number of carbonyl (C=O) groups excluding carboxylic acids is 2. The van der Waals surface area contributed by atoms with Crippen LogP contribution in [-0.4, -0.2) is 41.2 Å². The number of esters is 1. The Bertz CT molecular complexity index is 1320. The quantitative estimate of drug-likeness (QED) is 0.295. The summed E-state index contributed by atoms with van der Waals surface area (Å²) in [6, 6.07) is 4.84. The van der Waals surface area contributed by atoms with Crippen LogP contribution in [0.25, 0.3) is 11.3 Å². The Hall–Kier alpha value is -3.51. The van der Waals surface area contributed by atoms with E-state index in [0.717, 1.165) is 25.4 Å². The number of halogens is 7. The molecule has 0 fully saturated rings. The number of anilines is 1. The molecule has 190 valence electrons. The van der Waals surface area contributed by atoms with Crippen molar-refractivity contribution in [1.29, 1.82) is 0 Å². The smallest absolute Gasteiger partial charge is 0.425 e. The average molecular weight is 550 g/mol. The van der Waals surface area contributed by atoms with Crippen molar-refractivity contribution in [3.8, 4) is 17.0 Å². The molecule has 1 N–H and O–H groups in total. The van der Waals surface area contributed by atoms with Gasteiger partial charge in [-0.1, -0.05) is 29.3 Å². The summed E-state index contributed by atoms with van der Waals surface area (Å²) in [6.45, 7) is 0.667. The van der Waals surface area contributed by atoms with Gasteiger partial charge in [0.2, 0.25) is 0 Å². The summed E-state index contributed by atoms with van der Waals surface area (Å²) in [5.41, 5.74) is -2.30. The molecule has 3 rings (SSSR count). The third kappa shape index (κ3) is 5.82. The highest BCUT2D eigenvalue weighted by molar-refractivity contribution is 6.34. The highest BCUT2D eigenvalue weighted by Gasteiger charge is 2.39. The van der Waals surface area contributed by atoms with Crippen LogP contribution in [0.2, 0.25) is 10.2 Å². The van der Waals surface area contributed by atoms with Gasteiger partial charge in [-0.25, -0.2) is 23.5 Å². The molecule has 2 aromatic carbocycles. The Morgan fingerprint density at radius 1 is 1.11 bits per heavy atom. The molecule has 36 heavy (non-hydrogen) atoms. The predicted molar refractivity (Wildman–Crippen MR) is 119 cm³/mol. The molecule has 3 aromatic rings. The zero-order chi connectivity index (χ0) is 26.8. The zero-order valence-corrected chi connectivity index (χ0v) is 19.7. The standard InChI is InChI=1S/C22H14Cl2F5N3O4/c1-9(22(27,28)29)36-16-7-10(15-8-30-18(19(24)31-15)21(34)35-2)14(26)6-11(16)20(33)32-17-12(23)4-3-5-13(17)25/h3-9H,1-2H3,(H,32,33)/t9-/m0/s1. The average Bonchev–Trinajstić information content (AvgIpc) is 2.81. The summed E-state index contributed by atoms with van der Waals surface area (Å²) < 4.78 is 78.1. The van der Waals surface area contributed by atoms with Gasteiger partial charge in [-0.2, -0.15) is 13.2 Å². The van der Waals surface area contributed by atoms with Crippen LogP contribution in [0.5, 0.6) is 5.75 Å². The van der Waals surface area contributed by atoms with Gasteiger partial charge in [-0.3, -0.25) is 4.79 Å². The van der Waals surface area contributed by atoms with Crippen LogP contribution in [0.1, 0.15) is 27.8 Å². The first-order valence-electron chi connectivity index (χ1n) is 9.77. The number of alkyl halides is 3. The summed E-state index contributed by atoms with van der Waals surface area (Å²) in [5.74, 6) is -4.92. The number of amides is 1. The van der Waals surface area contributed by atoms with Gasteiger partial charge in [0.1, 0.15) is 17.4 Å². The molecule has 0 aliphatic heterocycles. The van der Waals surface area contributed by atoms with E-state index >= 15 is 4.39 Å². The van der Waals surface area contributed by atoms with Gasteiger partial charge in [-0.15, -0.1) is 0 Å². The van der Waals surface area contributed by atoms with Crippen molar-refractivity contribution in [3.63, 3.8) is 0 Å². The second-order valence-corrected chi connectivity index (χ2v) is 7.83. The Kier molecular flexibility index (Phi) is 7.99. The molecule has 0 radical (unpaired) electrons. The van der Waals surface area contributed by atoms with Crippen LogP contribution in [0.3, 0.4) is 0 Å². The van der Waals surface area contributed by atoms with E-state index in [-0.39, 0.29) is 16.4 Å². The molecule has 0 saturated carbocycles. The van der Waals surface area contributed by atoms with Crippen molar-refractivity contribution >= 4 is 40.8 Å². The van der Waals surface area contributed by atoms with Crippen LogP contribution in [-0.2, 0) is 4.74 Å². The molecular weight excluding hydrogens is 536 g/mol. The molecule has 0 bridgehead atoms. The SMILES string of the molecule is COC(=O)c1ncc(-c2cc(O[C@@H](C)C(F)(F)F)c(C(=O)Nc3c(F)cccc3Cl)cc2F)nc1Cl. The first-order chi connectivity index (χ1) is 16.8. The van der Waals surface area contributed by atoms with E-state index in [0.29, 0.717) is 13.0 Å². The number of rotatable bonds is 6. The molecule has 0 saturated heterocycles. The number of hydrogen-bond donors (Lipinski definition) is 1. The van der Waals surface area contributed by atoms with Crippen molar-refractivity contribution < 1.29 is 41.0 Å². The molecule has 7 nitrogen and oxygen atoms in total. The lowest BCUT2D eigenvalue weighted by atomic mass is 10.1. The number of carbonyl (C=O) groups is 2. The number of nitrogens with one attached hydrogen (secondary N) is 1. The predicted octanol–water partition coefficient (Wildman–Crippen LogP) is 6.10. The van der Waals surface area contributed by atoms with Gasteiger partial charge in [0.15, 0.2) is 17.0 Å². The Labute approximate surface area is 210 Å². The van der Waals surface area contributed by atoms with E-state index in [1.54, 1.807) is 0 Å². The van der Waals surface area contributed by atoms with E-state index in [4.69, 9.17) is 27.9 Å². The lowest BCUT2D eigenvalue weighted by Gasteiger charge is -2.20. The van der Waals surface area contributed by atoms with Crippen molar-refractivity contribution in [2.45, 2.75) is 19.2 Å². The lowest BCUT2D eigenvalue weighted by molar-refractivity contribution is -0.189. The normalized spacial score (nSPS) is 12.1. The first-order valence-corrected chi connectivity index (χ1v) is 10.5. The topological polar surface area (TPSA) is 90.4 Å². The summed E-state index contributed by atoms with van der Waals surface area (Å²) in [5, 5.41) is 1.42. The van der Waals surface area contributed by atoms with E-state index in [9.17, 15) is 27.2 Å². The number of hydrogen-bond acceptors (Lipinski definition) is 6. The summed E-state index contributed by atoms with van der Waals surface area (Å²) in [4.78, 5) is 32.0. The van der Waals surface area contributed by atoms with E-state index in [1.165, 1.54) is 12.1 Å². The maximum Gasteiger partial charge on any atom is 0.425 e. The van der Waals surface area contributed by atoms with Crippen LogP contribution in [0.4, 0.5) is 27.6 Å². The molecular formula is C22H14Cl2F5N3O4. The van der Waals surface area contributed by atoms with Crippen molar-refractivity contribution in [2.24, 2.45) is 0 Å². The van der Waals surface area contributed by atoms with E-state index < -0.39 is 63.5 Å². The third-order valence-corrected chi connectivity index (χ3v) is 5.24. The fraction of sp³-hybridized carbons (Fsp3) is 0.182. The number of nitrogens with zero attached hydrogens (tertiary/aromatic N) is 2. The molecule has 0 unspecified atom stereocenters. The van der Waals surface area contributed by atoms with Gasteiger partial charge in [0.25, 0.3) is 5.91 Å². The summed E-state index contributed by atoms with van der Waals surface area (Å²) >= 11 is 11.8. The number of ether oxygens (including phenoxy) is 2. The monoisotopic (exact) mass is 549 g/mol. The van der Waals surface area contributed by atoms with Crippen molar-refractivity contribution in [2.75, 3.05) is 12.4 Å². The highest BCUT2D eigenvalue weighted by atomic mass is 35.5. The molecule has 1 heterocycles. The fourth-order valence-electron chi connectivity index (χ4n) is 2.81. The number of para-hydroxylation sites is 1. The second-order valence-electron chi connectivity index (χ2n) is 7.07. The van der Waals surface area contributed by atoms with Crippen LogP contribution in [0.15, 0.2) is 36.5 Å². The van der Waals surface area contributed by atoms with Gasteiger partial charge < -0.3 is 14.8 Å². The van der Waals surface area contributed by atoms with Crippen molar-refractivity contribution in [3.05, 3.63) is 69.6 Å². The molecule has 1 aromatic heterocycles. The second kappa shape index (κ2) is 10.6. The zero-order valence-electron chi connectivity index (χ0n) is 18.2.